The second-order valence-electron chi connectivity index (χ2n) is 5.97. The minimum absolute atomic E-state index is 0.0464. The molecule has 16 heavy (non-hydrogen) atoms. The summed E-state index contributed by atoms with van der Waals surface area (Å²) in [4.78, 5) is 24.8. The van der Waals surface area contributed by atoms with Crippen molar-refractivity contribution in [3.63, 3.8) is 0 Å². The molecule has 92 valence electrons. The van der Waals surface area contributed by atoms with Gasteiger partial charge in [0, 0.05) is 13.0 Å². The molecule has 0 aliphatic carbocycles. The first-order valence-electron chi connectivity index (χ1n) is 5.71. The normalized spacial score (nSPS) is 25.9. The molecule has 4 nitrogen and oxygen atoms in total. The van der Waals surface area contributed by atoms with Crippen molar-refractivity contribution in [2.24, 2.45) is 5.41 Å². The van der Waals surface area contributed by atoms with Gasteiger partial charge >= 0.3 is 5.97 Å². The Balaban J connectivity index is 2.80. The van der Waals surface area contributed by atoms with Crippen molar-refractivity contribution in [1.29, 1.82) is 0 Å². The molecular formula is C12H21NO3. The molecule has 1 rings (SSSR count). The van der Waals surface area contributed by atoms with E-state index in [0.717, 1.165) is 6.42 Å². The first-order chi connectivity index (χ1) is 7.17. The van der Waals surface area contributed by atoms with Crippen molar-refractivity contribution in [1.82, 2.24) is 4.90 Å². The molecular weight excluding hydrogens is 206 g/mol. The summed E-state index contributed by atoms with van der Waals surface area (Å²) in [5.74, 6) is -0.942. The second-order valence-corrected chi connectivity index (χ2v) is 5.97. The summed E-state index contributed by atoms with van der Waals surface area (Å²) in [7, 11) is 0. The molecule has 0 aromatic rings. The van der Waals surface area contributed by atoms with Crippen LogP contribution in [-0.4, -0.2) is 34.0 Å². The number of nitrogens with zero attached hydrogens (tertiary/aromatic N) is 1. The zero-order valence-corrected chi connectivity index (χ0v) is 10.5. The van der Waals surface area contributed by atoms with E-state index in [4.69, 9.17) is 0 Å². The Hall–Kier alpha value is -1.06. The van der Waals surface area contributed by atoms with Gasteiger partial charge in [-0.2, -0.15) is 0 Å². The van der Waals surface area contributed by atoms with Crippen molar-refractivity contribution in [3.8, 4) is 0 Å². The fourth-order valence-electron chi connectivity index (χ4n) is 2.13. The lowest BCUT2D eigenvalue weighted by Crippen LogP contribution is -2.51. The Morgan fingerprint density at radius 1 is 1.38 bits per heavy atom. The van der Waals surface area contributed by atoms with Gasteiger partial charge in [-0.05, 0) is 25.2 Å². The summed E-state index contributed by atoms with van der Waals surface area (Å²) in [5, 5.41) is 9.20. The maximum atomic E-state index is 12.0. The molecule has 0 radical (unpaired) electrons. The highest BCUT2D eigenvalue weighted by atomic mass is 16.4. The predicted octanol–water partition coefficient (Wildman–Crippen LogP) is 1.89. The zero-order valence-electron chi connectivity index (χ0n) is 10.5. The largest absolute Gasteiger partial charge is 0.480 e. The average Bonchev–Trinajstić information content (AvgIpc) is 2.45. The molecule has 0 saturated carbocycles. The first-order valence-corrected chi connectivity index (χ1v) is 5.71. The molecule has 1 saturated heterocycles. The van der Waals surface area contributed by atoms with Gasteiger partial charge in [-0.3, -0.25) is 4.79 Å². The van der Waals surface area contributed by atoms with Gasteiger partial charge < -0.3 is 10.0 Å². The van der Waals surface area contributed by atoms with Crippen LogP contribution in [0.3, 0.4) is 0 Å². The molecule has 0 spiro atoms. The van der Waals surface area contributed by atoms with E-state index in [0.29, 0.717) is 19.4 Å². The maximum Gasteiger partial charge on any atom is 0.329 e. The SMILES string of the molecule is CC(C)(C)CC(=O)N1CCCC1(C)C(=O)O. The number of carboxylic acids is 1. The Morgan fingerprint density at radius 3 is 2.38 bits per heavy atom. The van der Waals surface area contributed by atoms with Crippen LogP contribution >= 0.6 is 0 Å². The van der Waals surface area contributed by atoms with Crippen LogP contribution in [0.5, 0.6) is 0 Å². The average molecular weight is 227 g/mol. The molecule has 4 heteroatoms. The Morgan fingerprint density at radius 2 is 1.94 bits per heavy atom. The monoisotopic (exact) mass is 227 g/mol. The lowest BCUT2D eigenvalue weighted by atomic mass is 9.90. The van der Waals surface area contributed by atoms with Gasteiger partial charge in [0.25, 0.3) is 0 Å². The number of carbonyl (C=O) groups excluding carboxylic acids is 1. The zero-order chi connectivity index (χ0) is 12.6. The lowest BCUT2D eigenvalue weighted by Gasteiger charge is -2.33. The lowest BCUT2D eigenvalue weighted by molar-refractivity contribution is -0.156. The van der Waals surface area contributed by atoms with E-state index in [-0.39, 0.29) is 11.3 Å². The van der Waals surface area contributed by atoms with Gasteiger partial charge in [-0.25, -0.2) is 4.79 Å². The van der Waals surface area contributed by atoms with Crippen LogP contribution in [0.25, 0.3) is 0 Å². The van der Waals surface area contributed by atoms with Gasteiger partial charge in [0.2, 0.25) is 5.91 Å². The van der Waals surface area contributed by atoms with Crippen LogP contribution < -0.4 is 0 Å². The molecule has 0 aromatic carbocycles. The highest BCUT2D eigenvalue weighted by Gasteiger charge is 2.46. The first kappa shape index (κ1) is 13.0. The van der Waals surface area contributed by atoms with E-state index in [2.05, 4.69) is 0 Å². The van der Waals surface area contributed by atoms with Gasteiger partial charge in [0.15, 0.2) is 0 Å². The van der Waals surface area contributed by atoms with Crippen molar-refractivity contribution in [2.75, 3.05) is 6.54 Å². The van der Waals surface area contributed by atoms with Crippen molar-refractivity contribution in [3.05, 3.63) is 0 Å². The van der Waals surface area contributed by atoms with Crippen LogP contribution in [0.4, 0.5) is 0 Å². The third-order valence-corrected chi connectivity index (χ3v) is 3.08. The summed E-state index contributed by atoms with van der Waals surface area (Å²) in [5.41, 5.74) is -1.10. The van der Waals surface area contributed by atoms with Gasteiger partial charge in [0.1, 0.15) is 5.54 Å². The molecule has 0 bridgehead atoms. The van der Waals surface area contributed by atoms with Crippen LogP contribution in [0.1, 0.15) is 47.0 Å². The van der Waals surface area contributed by atoms with Gasteiger partial charge in [0.05, 0.1) is 0 Å². The quantitative estimate of drug-likeness (QED) is 0.783. The van der Waals surface area contributed by atoms with Crippen LogP contribution in [0, 0.1) is 5.41 Å². The van der Waals surface area contributed by atoms with Crippen LogP contribution in [0.15, 0.2) is 0 Å². The second kappa shape index (κ2) is 4.07. The fourth-order valence-corrected chi connectivity index (χ4v) is 2.13. The van der Waals surface area contributed by atoms with E-state index in [1.807, 2.05) is 20.8 Å². The number of likely N-dealkylation sites (tertiary alicyclic amines) is 1. The van der Waals surface area contributed by atoms with E-state index in [1.54, 1.807) is 6.92 Å². The Labute approximate surface area is 96.6 Å². The number of hydrogen-bond donors (Lipinski definition) is 1. The predicted molar refractivity (Wildman–Crippen MR) is 61.1 cm³/mol. The van der Waals surface area contributed by atoms with Gasteiger partial charge in [-0.1, -0.05) is 20.8 Å². The number of aliphatic carboxylic acids is 1. The number of carbonyl (C=O) groups is 2. The highest BCUT2D eigenvalue weighted by molar-refractivity contribution is 5.87. The maximum absolute atomic E-state index is 12.0. The topological polar surface area (TPSA) is 57.6 Å². The summed E-state index contributed by atoms with van der Waals surface area (Å²) < 4.78 is 0. The molecule has 1 unspecified atom stereocenters. The molecule has 1 N–H and O–H groups in total. The van der Waals surface area contributed by atoms with E-state index in [9.17, 15) is 14.7 Å². The van der Waals surface area contributed by atoms with Crippen LogP contribution in [-0.2, 0) is 9.59 Å². The third kappa shape index (κ3) is 2.54. The Kier molecular flexibility index (Phi) is 3.31. The summed E-state index contributed by atoms with van der Waals surface area (Å²) >= 11 is 0. The number of amides is 1. The standard InChI is InChI=1S/C12H21NO3/c1-11(2,3)8-9(14)13-7-5-6-12(13,4)10(15)16/h5-8H2,1-4H3,(H,15,16). The summed E-state index contributed by atoms with van der Waals surface area (Å²) in [6, 6.07) is 0. The fraction of sp³-hybridized carbons (Fsp3) is 0.833. The van der Waals surface area contributed by atoms with Crippen molar-refractivity contribution in [2.45, 2.75) is 52.5 Å². The molecule has 1 atom stereocenters. The number of rotatable bonds is 2. The smallest absolute Gasteiger partial charge is 0.329 e. The van der Waals surface area contributed by atoms with E-state index >= 15 is 0 Å². The van der Waals surface area contributed by atoms with Crippen molar-refractivity contribution >= 4 is 11.9 Å². The van der Waals surface area contributed by atoms with Crippen LogP contribution in [0.2, 0.25) is 0 Å². The molecule has 1 fully saturated rings. The molecule has 0 aromatic heterocycles. The van der Waals surface area contributed by atoms with Gasteiger partial charge in [-0.15, -0.1) is 0 Å². The molecule has 1 heterocycles. The molecule has 1 amide bonds. The Bertz CT molecular complexity index is 306. The third-order valence-electron chi connectivity index (χ3n) is 3.08. The van der Waals surface area contributed by atoms with E-state index in [1.165, 1.54) is 4.90 Å². The number of hydrogen-bond acceptors (Lipinski definition) is 2. The summed E-state index contributed by atoms with van der Waals surface area (Å²) in [6.07, 6.45) is 1.73. The van der Waals surface area contributed by atoms with E-state index < -0.39 is 11.5 Å². The minimum atomic E-state index is -0.998. The minimum Gasteiger partial charge on any atom is -0.480 e. The number of carboxylic acid groups (broad SMARTS) is 1. The molecule has 1 aliphatic rings. The summed E-state index contributed by atoms with van der Waals surface area (Å²) in [6.45, 7) is 8.16. The highest BCUT2D eigenvalue weighted by Crippen LogP contribution is 2.32. The molecule has 1 aliphatic heterocycles. The van der Waals surface area contributed by atoms with Crippen molar-refractivity contribution < 1.29 is 14.7 Å².